The van der Waals surface area contributed by atoms with Crippen LogP contribution < -0.4 is 16.0 Å². The van der Waals surface area contributed by atoms with Crippen LogP contribution >= 0.6 is 0 Å². The van der Waals surface area contributed by atoms with Crippen LogP contribution in [0.15, 0.2) is 0 Å². The van der Waals surface area contributed by atoms with Gasteiger partial charge in [0.15, 0.2) is 5.78 Å². The van der Waals surface area contributed by atoms with E-state index >= 15 is 0 Å². The van der Waals surface area contributed by atoms with Crippen LogP contribution in [0.1, 0.15) is 60.3 Å². The highest BCUT2D eigenvalue weighted by Crippen LogP contribution is 2.65. The molecule has 4 aliphatic rings. The highest BCUT2D eigenvalue weighted by Gasteiger charge is 2.70. The number of hydrogen-bond acceptors (Lipinski definition) is 7. The van der Waals surface area contributed by atoms with Crippen LogP contribution in [-0.4, -0.2) is 84.8 Å². The molecule has 4 amide bonds. The molecule has 0 bridgehead atoms. The van der Waals surface area contributed by atoms with Gasteiger partial charge in [-0.25, -0.2) is 4.79 Å². The van der Waals surface area contributed by atoms with E-state index in [0.717, 1.165) is 12.8 Å². The van der Waals surface area contributed by atoms with Gasteiger partial charge in [-0.3, -0.25) is 23.9 Å². The number of ketones is 1. The lowest BCUT2D eigenvalue weighted by molar-refractivity contribution is -0.321. The van der Waals surface area contributed by atoms with E-state index in [1.54, 1.807) is 20.8 Å². The zero-order chi connectivity index (χ0) is 30.5. The predicted octanol–water partition coefficient (Wildman–Crippen LogP) is 1.89. The molecule has 41 heavy (non-hydrogen) atoms. The number of fused-ring (bicyclic) bond motifs is 1. The summed E-state index contributed by atoms with van der Waals surface area (Å²) >= 11 is 0. The third-order valence-electron chi connectivity index (χ3n) is 8.70. The normalized spacial score (nSPS) is 28.3. The number of ether oxygens (including phenoxy) is 2. The Morgan fingerprint density at radius 3 is 2.29 bits per heavy atom. The van der Waals surface area contributed by atoms with E-state index in [1.165, 1.54) is 4.90 Å². The van der Waals surface area contributed by atoms with Gasteiger partial charge in [-0.05, 0) is 48.3 Å². The molecule has 14 heteroatoms. The van der Waals surface area contributed by atoms with E-state index in [2.05, 4.69) is 20.7 Å². The van der Waals surface area contributed by atoms with Crippen molar-refractivity contribution in [3.05, 3.63) is 0 Å². The van der Waals surface area contributed by atoms with Gasteiger partial charge in [0.2, 0.25) is 17.7 Å². The van der Waals surface area contributed by atoms with Gasteiger partial charge in [0.1, 0.15) is 24.8 Å². The Labute approximate surface area is 236 Å². The Bertz CT molecular complexity index is 1090. The Balaban J connectivity index is 1.53. The molecule has 2 aliphatic heterocycles. The van der Waals surface area contributed by atoms with Crippen molar-refractivity contribution in [2.75, 3.05) is 19.7 Å². The quantitative estimate of drug-likeness (QED) is 0.354. The third-order valence-corrected chi connectivity index (χ3v) is 8.70. The van der Waals surface area contributed by atoms with Crippen LogP contribution in [0.25, 0.3) is 0 Å². The van der Waals surface area contributed by atoms with Crippen molar-refractivity contribution in [2.24, 2.45) is 28.6 Å². The van der Waals surface area contributed by atoms with Crippen molar-refractivity contribution in [3.8, 4) is 0 Å². The number of nitrogens with one attached hydrogen (secondary N) is 3. The molecule has 0 aromatic carbocycles. The summed E-state index contributed by atoms with van der Waals surface area (Å²) in [5, 5.41) is 7.82. The van der Waals surface area contributed by atoms with Gasteiger partial charge in [-0.1, -0.05) is 34.6 Å². The molecule has 2 saturated heterocycles. The van der Waals surface area contributed by atoms with Gasteiger partial charge in [0.25, 0.3) is 0 Å². The molecular formula is C27H39F3N4O7. The van der Waals surface area contributed by atoms with Gasteiger partial charge in [0.05, 0.1) is 6.04 Å². The monoisotopic (exact) mass is 588 g/mol. The van der Waals surface area contributed by atoms with Crippen LogP contribution in [0.5, 0.6) is 0 Å². The van der Waals surface area contributed by atoms with Gasteiger partial charge in [-0.15, -0.1) is 13.2 Å². The molecule has 0 spiro atoms. The largest absolute Gasteiger partial charge is 0.522 e. The van der Waals surface area contributed by atoms with Crippen molar-refractivity contribution in [3.63, 3.8) is 0 Å². The van der Waals surface area contributed by atoms with Crippen molar-refractivity contribution in [1.82, 2.24) is 20.9 Å². The average molecular weight is 589 g/mol. The minimum atomic E-state index is -5.05. The van der Waals surface area contributed by atoms with E-state index in [4.69, 9.17) is 4.74 Å². The second kappa shape index (κ2) is 11.1. The summed E-state index contributed by atoms with van der Waals surface area (Å²) in [4.78, 5) is 66.5. The smallest absolute Gasteiger partial charge is 0.446 e. The molecule has 2 saturated carbocycles. The first-order chi connectivity index (χ1) is 18.9. The molecule has 6 atom stereocenters. The molecule has 2 heterocycles. The average Bonchev–Trinajstić information content (AvgIpc) is 3.61. The molecule has 0 unspecified atom stereocenters. The number of piperidine rings is 1. The van der Waals surface area contributed by atoms with Gasteiger partial charge >= 0.3 is 12.5 Å². The number of halogens is 3. The Hall–Kier alpha value is -2.90. The van der Waals surface area contributed by atoms with Crippen LogP contribution in [-0.2, 0) is 28.7 Å². The highest BCUT2D eigenvalue weighted by molar-refractivity contribution is 5.96. The van der Waals surface area contributed by atoms with Crippen molar-refractivity contribution in [2.45, 2.75) is 90.9 Å². The molecule has 11 nitrogen and oxygen atoms in total. The Kier molecular flexibility index (Phi) is 8.38. The first-order valence-electron chi connectivity index (χ1n) is 14.0. The van der Waals surface area contributed by atoms with Gasteiger partial charge < -0.3 is 25.6 Å². The van der Waals surface area contributed by atoms with Crippen molar-refractivity contribution < 1.29 is 46.6 Å². The summed E-state index contributed by atoms with van der Waals surface area (Å²) < 4.78 is 47.0. The SMILES string of the molecule is CC(C)(C)[C@H](NC(=O)OC1CC1)C(=O)N1C[C@H]2[C@@H]([C@H]1C(=O)N[C@@H](C[C@@H]1CCNC1=O)C(=O)COC(F)(F)F)C2(C)C. The van der Waals surface area contributed by atoms with Gasteiger partial charge in [0, 0.05) is 19.0 Å². The minimum absolute atomic E-state index is 0.0236. The molecule has 0 aromatic heterocycles. The summed E-state index contributed by atoms with van der Waals surface area (Å²) in [7, 11) is 0. The zero-order valence-electron chi connectivity index (χ0n) is 23.9. The molecular weight excluding hydrogens is 549 g/mol. The molecule has 2 aliphatic carbocycles. The fourth-order valence-electron chi connectivity index (χ4n) is 6.05. The number of alkyl halides is 3. The first kappa shape index (κ1) is 31.0. The number of hydrogen-bond donors (Lipinski definition) is 3. The first-order valence-corrected chi connectivity index (χ1v) is 14.0. The van der Waals surface area contributed by atoms with E-state index in [9.17, 15) is 37.1 Å². The van der Waals surface area contributed by atoms with E-state index < -0.39 is 66.1 Å². The molecule has 4 rings (SSSR count). The number of carbonyl (C=O) groups is 5. The topological polar surface area (TPSA) is 143 Å². The lowest BCUT2D eigenvalue weighted by Gasteiger charge is -2.37. The summed E-state index contributed by atoms with van der Waals surface area (Å²) in [5.74, 6) is -3.54. The maximum Gasteiger partial charge on any atom is 0.522 e. The molecule has 4 fully saturated rings. The second-order valence-electron chi connectivity index (χ2n) is 13.2. The second-order valence-corrected chi connectivity index (χ2v) is 13.2. The number of carbonyl (C=O) groups excluding carboxylic acids is 5. The van der Waals surface area contributed by atoms with E-state index in [1.807, 2.05) is 13.8 Å². The van der Waals surface area contributed by atoms with Crippen LogP contribution in [0.4, 0.5) is 18.0 Å². The van der Waals surface area contributed by atoms with Crippen LogP contribution in [0, 0.1) is 28.6 Å². The van der Waals surface area contributed by atoms with E-state index in [0.29, 0.717) is 13.0 Å². The molecule has 230 valence electrons. The number of amides is 4. The Morgan fingerprint density at radius 1 is 1.10 bits per heavy atom. The molecule has 0 radical (unpaired) electrons. The van der Waals surface area contributed by atoms with Crippen molar-refractivity contribution in [1.29, 1.82) is 0 Å². The number of Topliss-reactive ketones (excluding diaryl/α,β-unsaturated/α-hetero) is 1. The third kappa shape index (κ3) is 7.12. The van der Waals surface area contributed by atoms with Crippen LogP contribution in [0.2, 0.25) is 0 Å². The number of nitrogens with zero attached hydrogens (tertiary/aromatic N) is 1. The van der Waals surface area contributed by atoms with E-state index in [-0.39, 0.29) is 42.2 Å². The number of rotatable bonds is 10. The van der Waals surface area contributed by atoms with Gasteiger partial charge in [-0.2, -0.15) is 0 Å². The predicted molar refractivity (Wildman–Crippen MR) is 137 cm³/mol. The summed E-state index contributed by atoms with van der Waals surface area (Å²) in [6.45, 7) is 8.48. The Morgan fingerprint density at radius 2 is 1.76 bits per heavy atom. The standard InChI is InChI=1S/C27H39F3N4O7/c1-25(2,3)20(33-24(39)41-14-6-7-14)23(38)34-11-15-18(26(15,4)5)19(34)22(37)32-16(10-13-8-9-31-21(13)36)17(35)12-40-27(28,29)30/h13-16,18-20H,6-12H2,1-5H3,(H,31,36)(H,32,37)(H,33,39)/t13-,15-,16-,18-,19-,20+/m0/s1. The van der Waals surface area contributed by atoms with Crippen molar-refractivity contribution >= 4 is 29.6 Å². The molecule has 3 N–H and O–H groups in total. The summed E-state index contributed by atoms with van der Waals surface area (Å²) in [5.41, 5.74) is -1.04. The number of alkyl carbamates (subject to hydrolysis) is 1. The fourth-order valence-corrected chi connectivity index (χ4v) is 6.05. The maximum atomic E-state index is 13.9. The lowest BCUT2D eigenvalue weighted by Crippen LogP contribution is -2.60. The molecule has 0 aromatic rings. The minimum Gasteiger partial charge on any atom is -0.446 e. The lowest BCUT2D eigenvalue weighted by atomic mass is 9.85. The maximum absolute atomic E-state index is 13.9. The zero-order valence-corrected chi connectivity index (χ0v) is 23.9. The highest BCUT2D eigenvalue weighted by atomic mass is 19.4. The summed E-state index contributed by atoms with van der Waals surface area (Å²) in [6, 6.07) is -3.48. The number of likely N-dealkylation sites (tertiary alicyclic amines) is 1. The fraction of sp³-hybridized carbons (Fsp3) is 0.815. The summed E-state index contributed by atoms with van der Waals surface area (Å²) in [6.07, 6.45) is -4.28. The van der Waals surface area contributed by atoms with Crippen LogP contribution in [0.3, 0.4) is 0 Å².